The number of benzene rings is 1. The highest BCUT2D eigenvalue weighted by Crippen LogP contribution is 2.33. The number of pyridine rings is 1. The summed E-state index contributed by atoms with van der Waals surface area (Å²) in [6, 6.07) is 9.62. The molecule has 0 amide bonds. The molecule has 7 nitrogen and oxygen atoms in total. The monoisotopic (exact) mass is 419 g/mol. The lowest BCUT2D eigenvalue weighted by molar-refractivity contribution is 0.116. The van der Waals surface area contributed by atoms with Crippen molar-refractivity contribution in [2.24, 2.45) is 0 Å². The van der Waals surface area contributed by atoms with Crippen LogP contribution in [0.3, 0.4) is 0 Å². The summed E-state index contributed by atoms with van der Waals surface area (Å²) in [7, 11) is 0. The first-order chi connectivity index (χ1) is 14.7. The van der Waals surface area contributed by atoms with Gasteiger partial charge >= 0.3 is 0 Å². The van der Waals surface area contributed by atoms with Crippen molar-refractivity contribution in [3.63, 3.8) is 0 Å². The zero-order chi connectivity index (χ0) is 20.3. The number of thiazole rings is 1. The summed E-state index contributed by atoms with van der Waals surface area (Å²) >= 11 is 1.58. The van der Waals surface area contributed by atoms with Crippen molar-refractivity contribution in [2.75, 3.05) is 5.32 Å². The van der Waals surface area contributed by atoms with Crippen LogP contribution in [-0.4, -0.2) is 37.2 Å². The first-order valence-corrected chi connectivity index (χ1v) is 10.8. The van der Waals surface area contributed by atoms with E-state index in [0.717, 1.165) is 58.0 Å². The maximum Gasteiger partial charge on any atom is 0.184 e. The molecule has 1 aromatic carbocycles. The van der Waals surface area contributed by atoms with Gasteiger partial charge in [-0.05, 0) is 31.0 Å². The molecule has 5 rings (SSSR count). The van der Waals surface area contributed by atoms with E-state index in [1.165, 1.54) is 6.33 Å². The van der Waals surface area contributed by atoms with Gasteiger partial charge in [0.1, 0.15) is 17.8 Å². The minimum atomic E-state index is -0.305. The minimum Gasteiger partial charge on any atom is -0.457 e. The van der Waals surface area contributed by atoms with E-state index in [4.69, 9.17) is 4.74 Å². The van der Waals surface area contributed by atoms with Gasteiger partial charge in [0.25, 0.3) is 0 Å². The fraction of sp³-hybridized carbons (Fsp3) is 0.273. The second-order valence-electron chi connectivity index (χ2n) is 7.36. The molecule has 2 atom stereocenters. The van der Waals surface area contributed by atoms with Gasteiger partial charge in [-0.15, -0.1) is 0 Å². The maximum atomic E-state index is 10.2. The molecule has 1 saturated carbocycles. The van der Waals surface area contributed by atoms with Gasteiger partial charge < -0.3 is 15.2 Å². The van der Waals surface area contributed by atoms with Crippen LogP contribution >= 0.6 is 11.3 Å². The molecule has 152 valence electrons. The standard InChI is InChI=1S/C22H21N5O2S/c28-20-4-2-1-3-17(20)26-22-27-18-6-5-15(10-21(18)30-22)29-16-7-8-25-19(9-16)14-11-23-13-24-12-14/h5-13,17,20,28H,1-4H2,(H,26,27)/t17-,20-/m1/s1. The third-order valence-electron chi connectivity index (χ3n) is 5.22. The molecule has 4 aromatic rings. The predicted molar refractivity (Wildman–Crippen MR) is 117 cm³/mol. The van der Waals surface area contributed by atoms with Crippen LogP contribution in [0.5, 0.6) is 11.5 Å². The van der Waals surface area contributed by atoms with Crippen molar-refractivity contribution in [3.8, 4) is 22.8 Å². The predicted octanol–water partition coefficient (Wildman–Crippen LogP) is 4.66. The molecule has 8 heteroatoms. The van der Waals surface area contributed by atoms with Gasteiger partial charge in [-0.2, -0.15) is 0 Å². The van der Waals surface area contributed by atoms with Crippen LogP contribution in [0, 0.1) is 0 Å². The zero-order valence-corrected chi connectivity index (χ0v) is 17.0. The van der Waals surface area contributed by atoms with Crippen LogP contribution < -0.4 is 10.1 Å². The van der Waals surface area contributed by atoms with Gasteiger partial charge in [0.2, 0.25) is 0 Å². The fourth-order valence-corrected chi connectivity index (χ4v) is 4.62. The first kappa shape index (κ1) is 18.9. The van der Waals surface area contributed by atoms with Crippen LogP contribution in [0.15, 0.2) is 55.2 Å². The normalized spacial score (nSPS) is 19.0. The Kier molecular flexibility index (Phi) is 5.25. The number of fused-ring (bicyclic) bond motifs is 1. The first-order valence-electron chi connectivity index (χ1n) is 9.99. The largest absolute Gasteiger partial charge is 0.457 e. The fourth-order valence-electron chi connectivity index (χ4n) is 3.67. The quantitative estimate of drug-likeness (QED) is 0.486. The van der Waals surface area contributed by atoms with E-state index in [1.807, 2.05) is 30.3 Å². The Labute approximate surface area is 177 Å². The highest BCUT2D eigenvalue weighted by Gasteiger charge is 2.23. The highest BCUT2D eigenvalue weighted by molar-refractivity contribution is 7.22. The van der Waals surface area contributed by atoms with E-state index in [1.54, 1.807) is 29.9 Å². The SMILES string of the molecule is O[C@@H]1CCCC[C@H]1Nc1nc2ccc(Oc3ccnc(-c4cncnc4)c3)cc2s1. The zero-order valence-electron chi connectivity index (χ0n) is 16.2. The number of anilines is 1. The van der Waals surface area contributed by atoms with Crippen molar-refractivity contribution in [2.45, 2.75) is 37.8 Å². The molecule has 2 N–H and O–H groups in total. The van der Waals surface area contributed by atoms with E-state index in [9.17, 15) is 5.11 Å². The van der Waals surface area contributed by atoms with Crippen molar-refractivity contribution in [1.29, 1.82) is 0 Å². The second kappa shape index (κ2) is 8.33. The Bertz CT molecular complexity index is 1150. The van der Waals surface area contributed by atoms with E-state index in [-0.39, 0.29) is 12.1 Å². The topological polar surface area (TPSA) is 93.0 Å². The Morgan fingerprint density at radius 3 is 2.73 bits per heavy atom. The molecule has 0 aliphatic heterocycles. The Morgan fingerprint density at radius 2 is 1.87 bits per heavy atom. The molecule has 3 heterocycles. The molecule has 1 aliphatic rings. The molecule has 1 aliphatic carbocycles. The lowest BCUT2D eigenvalue weighted by atomic mass is 9.93. The Morgan fingerprint density at radius 1 is 1.03 bits per heavy atom. The highest BCUT2D eigenvalue weighted by atomic mass is 32.1. The summed E-state index contributed by atoms with van der Waals surface area (Å²) in [5.74, 6) is 1.42. The van der Waals surface area contributed by atoms with Crippen molar-refractivity contribution in [3.05, 3.63) is 55.2 Å². The summed E-state index contributed by atoms with van der Waals surface area (Å²) in [6.07, 6.45) is 10.4. The molecule has 30 heavy (non-hydrogen) atoms. The molecule has 1 fully saturated rings. The smallest absolute Gasteiger partial charge is 0.184 e. The maximum absolute atomic E-state index is 10.2. The second-order valence-corrected chi connectivity index (χ2v) is 8.39. The molecule has 0 unspecified atom stereocenters. The molecule has 0 spiro atoms. The number of nitrogens with one attached hydrogen (secondary N) is 1. The number of hydrogen-bond donors (Lipinski definition) is 2. The van der Waals surface area contributed by atoms with Crippen LogP contribution in [0.4, 0.5) is 5.13 Å². The third-order valence-corrected chi connectivity index (χ3v) is 6.17. The van der Waals surface area contributed by atoms with Gasteiger partial charge in [0, 0.05) is 36.3 Å². The molecule has 0 bridgehead atoms. The van der Waals surface area contributed by atoms with Crippen molar-refractivity contribution in [1.82, 2.24) is 19.9 Å². The Balaban J connectivity index is 1.34. The van der Waals surface area contributed by atoms with E-state index in [2.05, 4.69) is 25.3 Å². The lowest BCUT2D eigenvalue weighted by Crippen LogP contribution is -2.36. The number of aliphatic hydroxyl groups is 1. The molecule has 0 radical (unpaired) electrons. The van der Waals surface area contributed by atoms with Crippen LogP contribution in [0.1, 0.15) is 25.7 Å². The minimum absolute atomic E-state index is 0.0761. The number of nitrogens with zero attached hydrogens (tertiary/aromatic N) is 4. The number of aliphatic hydroxyl groups excluding tert-OH is 1. The average molecular weight is 420 g/mol. The average Bonchev–Trinajstić information content (AvgIpc) is 3.18. The summed E-state index contributed by atoms with van der Waals surface area (Å²) in [5, 5.41) is 14.4. The Hall–Kier alpha value is -3.10. The summed E-state index contributed by atoms with van der Waals surface area (Å²) in [6.45, 7) is 0. The van der Waals surface area contributed by atoms with Crippen LogP contribution in [0.2, 0.25) is 0 Å². The van der Waals surface area contributed by atoms with Gasteiger partial charge in [-0.3, -0.25) is 4.98 Å². The van der Waals surface area contributed by atoms with E-state index < -0.39 is 0 Å². The van der Waals surface area contributed by atoms with Gasteiger partial charge in [0.15, 0.2) is 5.13 Å². The van der Waals surface area contributed by atoms with E-state index >= 15 is 0 Å². The summed E-state index contributed by atoms with van der Waals surface area (Å²) < 4.78 is 7.10. The number of ether oxygens (including phenoxy) is 1. The van der Waals surface area contributed by atoms with Crippen LogP contribution in [-0.2, 0) is 0 Å². The van der Waals surface area contributed by atoms with E-state index in [0.29, 0.717) is 5.75 Å². The number of rotatable bonds is 5. The molecular weight excluding hydrogens is 398 g/mol. The molecular formula is C22H21N5O2S. The van der Waals surface area contributed by atoms with Crippen molar-refractivity contribution >= 4 is 26.7 Å². The van der Waals surface area contributed by atoms with Gasteiger partial charge in [0.05, 0.1) is 28.1 Å². The molecule has 3 aromatic heterocycles. The number of aromatic nitrogens is 4. The lowest BCUT2D eigenvalue weighted by Gasteiger charge is -2.27. The molecule has 0 saturated heterocycles. The summed E-state index contributed by atoms with van der Waals surface area (Å²) in [5.41, 5.74) is 2.50. The van der Waals surface area contributed by atoms with Gasteiger partial charge in [-0.25, -0.2) is 15.0 Å². The van der Waals surface area contributed by atoms with Gasteiger partial charge in [-0.1, -0.05) is 24.2 Å². The summed E-state index contributed by atoms with van der Waals surface area (Å²) in [4.78, 5) is 17.1. The van der Waals surface area contributed by atoms with Crippen molar-refractivity contribution < 1.29 is 9.84 Å². The third kappa shape index (κ3) is 4.10. The van der Waals surface area contributed by atoms with Crippen LogP contribution in [0.25, 0.3) is 21.5 Å². The number of hydrogen-bond acceptors (Lipinski definition) is 8.